The van der Waals surface area contributed by atoms with Gasteiger partial charge in [0, 0.05) is 16.6 Å². The molecule has 0 bridgehead atoms. The van der Waals surface area contributed by atoms with Crippen LogP contribution in [0.25, 0.3) is 0 Å². The van der Waals surface area contributed by atoms with Gasteiger partial charge in [0.05, 0.1) is 0 Å². The van der Waals surface area contributed by atoms with E-state index in [4.69, 9.17) is 16.0 Å². The molecule has 0 amide bonds. The average Bonchev–Trinajstić information content (AvgIpc) is 2.76. The number of benzene rings is 1. The summed E-state index contributed by atoms with van der Waals surface area (Å²) in [5.41, 5.74) is 2.08. The van der Waals surface area contributed by atoms with Crippen molar-refractivity contribution in [1.29, 1.82) is 0 Å². The van der Waals surface area contributed by atoms with Crippen LogP contribution < -0.4 is 5.32 Å². The van der Waals surface area contributed by atoms with Crippen molar-refractivity contribution >= 4 is 11.6 Å². The first-order valence-corrected chi connectivity index (χ1v) is 7.63. The molecule has 0 fully saturated rings. The van der Waals surface area contributed by atoms with Crippen LogP contribution in [0, 0.1) is 19.7 Å². The van der Waals surface area contributed by atoms with E-state index >= 15 is 0 Å². The van der Waals surface area contributed by atoms with Gasteiger partial charge in [0.25, 0.3) is 0 Å². The SMILES string of the molecule is CCCNC(Cc1ccc(F)cc1Cl)c1cc(C)oc1C. The third-order valence-corrected chi connectivity index (χ3v) is 3.89. The Balaban J connectivity index is 2.26. The summed E-state index contributed by atoms with van der Waals surface area (Å²) in [5, 5.41) is 3.99. The van der Waals surface area contributed by atoms with Crippen molar-refractivity contribution in [3.63, 3.8) is 0 Å². The molecule has 0 aliphatic rings. The third-order valence-electron chi connectivity index (χ3n) is 3.53. The zero-order chi connectivity index (χ0) is 15.4. The lowest BCUT2D eigenvalue weighted by molar-refractivity contribution is 0.480. The molecule has 2 rings (SSSR count). The Morgan fingerprint density at radius 3 is 2.62 bits per heavy atom. The van der Waals surface area contributed by atoms with E-state index in [1.54, 1.807) is 6.07 Å². The molecule has 0 aliphatic heterocycles. The summed E-state index contributed by atoms with van der Waals surface area (Å²) in [4.78, 5) is 0. The molecule has 0 aliphatic carbocycles. The largest absolute Gasteiger partial charge is 0.466 e. The van der Waals surface area contributed by atoms with Crippen molar-refractivity contribution in [1.82, 2.24) is 5.32 Å². The number of rotatable bonds is 6. The maximum Gasteiger partial charge on any atom is 0.124 e. The lowest BCUT2D eigenvalue weighted by Crippen LogP contribution is -2.24. The average molecular weight is 310 g/mol. The minimum atomic E-state index is -0.308. The van der Waals surface area contributed by atoms with Crippen LogP contribution >= 0.6 is 11.6 Å². The Morgan fingerprint density at radius 1 is 1.29 bits per heavy atom. The van der Waals surface area contributed by atoms with Crippen LogP contribution in [0.2, 0.25) is 5.02 Å². The van der Waals surface area contributed by atoms with E-state index in [2.05, 4.69) is 18.3 Å². The second-order valence-corrected chi connectivity index (χ2v) is 5.72. The van der Waals surface area contributed by atoms with Gasteiger partial charge in [-0.25, -0.2) is 4.39 Å². The Kier molecular flexibility index (Phi) is 5.43. The van der Waals surface area contributed by atoms with Gasteiger partial charge in [-0.2, -0.15) is 0 Å². The first-order chi connectivity index (χ1) is 10.0. The van der Waals surface area contributed by atoms with Crippen molar-refractivity contribution in [2.24, 2.45) is 0 Å². The summed E-state index contributed by atoms with van der Waals surface area (Å²) in [7, 11) is 0. The molecular weight excluding hydrogens is 289 g/mol. The highest BCUT2D eigenvalue weighted by molar-refractivity contribution is 6.31. The predicted molar refractivity (Wildman–Crippen MR) is 84.3 cm³/mol. The first kappa shape index (κ1) is 16.1. The van der Waals surface area contributed by atoms with Gasteiger partial charge >= 0.3 is 0 Å². The molecule has 1 aromatic heterocycles. The van der Waals surface area contributed by atoms with E-state index in [1.165, 1.54) is 12.1 Å². The number of furan rings is 1. The summed E-state index contributed by atoms with van der Waals surface area (Å²) < 4.78 is 18.8. The molecule has 0 radical (unpaired) electrons. The molecule has 1 N–H and O–H groups in total. The summed E-state index contributed by atoms with van der Waals surface area (Å²) in [6.45, 7) is 6.95. The highest BCUT2D eigenvalue weighted by Gasteiger charge is 2.18. The molecule has 0 saturated carbocycles. The van der Waals surface area contributed by atoms with E-state index in [1.807, 2.05) is 13.8 Å². The molecular formula is C17H21ClFNO. The van der Waals surface area contributed by atoms with Gasteiger partial charge in [0.1, 0.15) is 17.3 Å². The zero-order valence-electron chi connectivity index (χ0n) is 12.7. The van der Waals surface area contributed by atoms with E-state index in [0.717, 1.165) is 35.6 Å². The smallest absolute Gasteiger partial charge is 0.124 e. The maximum absolute atomic E-state index is 13.2. The van der Waals surface area contributed by atoms with E-state index in [-0.39, 0.29) is 11.9 Å². The minimum Gasteiger partial charge on any atom is -0.466 e. The highest BCUT2D eigenvalue weighted by Crippen LogP contribution is 2.28. The van der Waals surface area contributed by atoms with Crippen molar-refractivity contribution in [3.05, 3.63) is 57.8 Å². The second-order valence-electron chi connectivity index (χ2n) is 5.32. The van der Waals surface area contributed by atoms with Gasteiger partial charge in [-0.3, -0.25) is 0 Å². The molecule has 1 atom stereocenters. The molecule has 2 nitrogen and oxygen atoms in total. The van der Waals surface area contributed by atoms with Crippen LogP contribution in [0.5, 0.6) is 0 Å². The van der Waals surface area contributed by atoms with Crippen molar-refractivity contribution in [2.45, 2.75) is 39.7 Å². The zero-order valence-corrected chi connectivity index (χ0v) is 13.4. The lowest BCUT2D eigenvalue weighted by atomic mass is 9.98. The number of aryl methyl sites for hydroxylation is 2. The Hall–Kier alpha value is -1.32. The fourth-order valence-electron chi connectivity index (χ4n) is 2.51. The van der Waals surface area contributed by atoms with Gasteiger partial charge in [0.15, 0.2) is 0 Å². The van der Waals surface area contributed by atoms with Crippen molar-refractivity contribution in [2.75, 3.05) is 6.54 Å². The van der Waals surface area contributed by atoms with Gasteiger partial charge in [-0.15, -0.1) is 0 Å². The Morgan fingerprint density at radius 2 is 2.05 bits per heavy atom. The summed E-state index contributed by atoms with van der Waals surface area (Å²) in [6.07, 6.45) is 1.75. The monoisotopic (exact) mass is 309 g/mol. The quantitative estimate of drug-likeness (QED) is 0.814. The van der Waals surface area contributed by atoms with Gasteiger partial charge in [0.2, 0.25) is 0 Å². The summed E-state index contributed by atoms with van der Waals surface area (Å²) in [6, 6.07) is 6.73. The molecule has 21 heavy (non-hydrogen) atoms. The van der Waals surface area contributed by atoms with Crippen molar-refractivity contribution in [3.8, 4) is 0 Å². The number of halogens is 2. The van der Waals surface area contributed by atoms with Gasteiger partial charge in [-0.05, 0) is 57.0 Å². The standard InChI is InChI=1S/C17H21ClFNO/c1-4-7-20-17(15-8-11(2)21-12(15)3)9-13-5-6-14(19)10-16(13)18/h5-6,8,10,17,20H,4,7,9H2,1-3H3. The normalized spacial score (nSPS) is 12.6. The topological polar surface area (TPSA) is 25.2 Å². The van der Waals surface area contributed by atoms with E-state index < -0.39 is 0 Å². The van der Waals surface area contributed by atoms with E-state index in [0.29, 0.717) is 11.4 Å². The van der Waals surface area contributed by atoms with Crippen LogP contribution in [0.4, 0.5) is 4.39 Å². The van der Waals surface area contributed by atoms with Crippen molar-refractivity contribution < 1.29 is 8.81 Å². The van der Waals surface area contributed by atoms with E-state index in [9.17, 15) is 4.39 Å². The molecule has 0 spiro atoms. The molecule has 4 heteroatoms. The van der Waals surface area contributed by atoms with Crippen LogP contribution in [-0.2, 0) is 6.42 Å². The molecule has 0 saturated heterocycles. The fourth-order valence-corrected chi connectivity index (χ4v) is 2.76. The number of nitrogens with one attached hydrogen (secondary N) is 1. The first-order valence-electron chi connectivity index (χ1n) is 7.25. The molecule has 1 unspecified atom stereocenters. The van der Waals surface area contributed by atoms with Gasteiger partial charge < -0.3 is 9.73 Å². The number of hydrogen-bond acceptors (Lipinski definition) is 2. The third kappa shape index (κ3) is 4.08. The van der Waals surface area contributed by atoms with Crippen LogP contribution in [0.15, 0.2) is 28.7 Å². The predicted octanol–water partition coefficient (Wildman–Crippen LogP) is 4.97. The van der Waals surface area contributed by atoms with Gasteiger partial charge in [-0.1, -0.05) is 24.6 Å². The summed E-state index contributed by atoms with van der Waals surface area (Å²) >= 11 is 6.15. The molecule has 114 valence electrons. The molecule has 1 heterocycles. The molecule has 1 aromatic carbocycles. The fraction of sp³-hybridized carbons (Fsp3) is 0.412. The minimum absolute atomic E-state index is 0.116. The lowest BCUT2D eigenvalue weighted by Gasteiger charge is -2.19. The number of hydrogen-bond donors (Lipinski definition) is 1. The molecule has 2 aromatic rings. The summed E-state index contributed by atoms with van der Waals surface area (Å²) in [5.74, 6) is 1.51. The maximum atomic E-state index is 13.2. The Bertz CT molecular complexity index is 609. The highest BCUT2D eigenvalue weighted by atomic mass is 35.5. The Labute approximate surface area is 130 Å². The van der Waals surface area contributed by atoms with Crippen LogP contribution in [0.3, 0.4) is 0 Å². The second kappa shape index (κ2) is 7.10. The van der Waals surface area contributed by atoms with Crippen LogP contribution in [0.1, 0.15) is 42.0 Å². The van der Waals surface area contributed by atoms with Crippen LogP contribution in [-0.4, -0.2) is 6.54 Å².